The van der Waals surface area contributed by atoms with E-state index in [1.807, 2.05) is 18.2 Å². The molecule has 0 saturated carbocycles. The Morgan fingerprint density at radius 3 is 1.53 bits per heavy atom. The van der Waals surface area contributed by atoms with Crippen LogP contribution in [0.5, 0.6) is 23.0 Å². The summed E-state index contributed by atoms with van der Waals surface area (Å²) < 4.78 is 13.3. The van der Waals surface area contributed by atoms with E-state index in [1.165, 1.54) is 54.9 Å². The van der Waals surface area contributed by atoms with E-state index in [1.54, 1.807) is 0 Å². The second-order valence-corrected chi connectivity index (χ2v) is 13.9. The lowest BCUT2D eigenvalue weighted by molar-refractivity contribution is 0.465. The second-order valence-electron chi connectivity index (χ2n) is 13.9. The Kier molecular flexibility index (Phi) is 6.68. The van der Waals surface area contributed by atoms with Crippen LogP contribution >= 0.6 is 0 Å². The van der Waals surface area contributed by atoms with Crippen molar-refractivity contribution >= 4 is 44.6 Å². The van der Waals surface area contributed by atoms with Gasteiger partial charge in [-0.2, -0.15) is 0 Å². The zero-order valence-corrected chi connectivity index (χ0v) is 28.8. The Hall–Kier alpha value is -6.84. The van der Waals surface area contributed by atoms with Gasteiger partial charge < -0.3 is 9.47 Å². The second kappa shape index (κ2) is 11.9. The average molecular weight is 675 g/mol. The molecular formula is C50H31BO2. The van der Waals surface area contributed by atoms with Gasteiger partial charge in [0, 0.05) is 11.0 Å². The van der Waals surface area contributed by atoms with E-state index in [2.05, 4.69) is 170 Å². The zero-order chi connectivity index (χ0) is 34.9. The van der Waals surface area contributed by atoms with Crippen LogP contribution in [0.2, 0.25) is 0 Å². The fourth-order valence-electron chi connectivity index (χ4n) is 8.74. The molecular weight excluding hydrogens is 643 g/mol. The van der Waals surface area contributed by atoms with Gasteiger partial charge in [0.25, 0.3) is 6.71 Å². The molecule has 246 valence electrons. The van der Waals surface area contributed by atoms with E-state index in [0.717, 1.165) is 50.5 Å². The third kappa shape index (κ3) is 4.61. The van der Waals surface area contributed by atoms with Gasteiger partial charge >= 0.3 is 0 Å². The molecule has 11 rings (SSSR count). The molecule has 0 aromatic heterocycles. The van der Waals surface area contributed by atoms with Gasteiger partial charge in [-0.15, -0.1) is 0 Å². The van der Waals surface area contributed by atoms with E-state index in [-0.39, 0.29) is 6.71 Å². The molecule has 0 atom stereocenters. The molecule has 2 aliphatic rings. The van der Waals surface area contributed by atoms with Crippen molar-refractivity contribution in [2.45, 2.75) is 0 Å². The molecule has 0 N–H and O–H groups in total. The van der Waals surface area contributed by atoms with E-state index >= 15 is 0 Å². The third-order valence-corrected chi connectivity index (χ3v) is 11.0. The highest BCUT2D eigenvalue weighted by molar-refractivity contribution is 6.98. The Labute approximate surface area is 308 Å². The van der Waals surface area contributed by atoms with Crippen molar-refractivity contribution < 1.29 is 9.47 Å². The summed E-state index contributed by atoms with van der Waals surface area (Å²) in [7, 11) is 0. The summed E-state index contributed by atoms with van der Waals surface area (Å²) in [6.07, 6.45) is 0. The largest absolute Gasteiger partial charge is 0.458 e. The standard InChI is InChI=1S/C50H31BO2/c1-2-14-32(15-3-1)33-28-30-34(31-29-33)47-37-18-6-8-20-39(37)48(40-21-9-7-19-38(40)47)36-17-5-4-16-35(36)41-22-12-24-43-50(41)53-46-27-13-26-45-49(46)51(43)42-23-10-11-25-44(42)52-45/h1-31H. The minimum atomic E-state index is 0.0104. The molecule has 0 spiro atoms. The van der Waals surface area contributed by atoms with Crippen molar-refractivity contribution in [1.82, 2.24) is 0 Å². The number of para-hydroxylation sites is 2. The van der Waals surface area contributed by atoms with Crippen LogP contribution in [0.1, 0.15) is 0 Å². The molecule has 9 aromatic carbocycles. The molecule has 0 amide bonds. The van der Waals surface area contributed by atoms with Crippen LogP contribution in [0.4, 0.5) is 0 Å². The SMILES string of the molecule is c1ccc(-c2ccc(-c3c4ccccc4c(-c4ccccc4-c4cccc5c4Oc4cccc6c4B5c4ccccc4O6)c4ccccc34)cc2)cc1. The molecule has 9 aromatic rings. The van der Waals surface area contributed by atoms with Crippen molar-refractivity contribution in [3.05, 3.63) is 188 Å². The molecule has 0 fully saturated rings. The first kappa shape index (κ1) is 29.9. The lowest BCUT2D eigenvalue weighted by atomic mass is 9.34. The zero-order valence-electron chi connectivity index (χ0n) is 28.8. The molecule has 2 aliphatic heterocycles. The van der Waals surface area contributed by atoms with Gasteiger partial charge in [-0.1, -0.05) is 170 Å². The van der Waals surface area contributed by atoms with Gasteiger partial charge in [0.05, 0.1) is 0 Å². The Balaban J connectivity index is 1.13. The highest BCUT2D eigenvalue weighted by atomic mass is 16.5. The van der Waals surface area contributed by atoms with Crippen LogP contribution in [0, 0.1) is 0 Å². The van der Waals surface area contributed by atoms with Crippen molar-refractivity contribution in [2.75, 3.05) is 0 Å². The van der Waals surface area contributed by atoms with Crippen molar-refractivity contribution in [2.24, 2.45) is 0 Å². The molecule has 2 nitrogen and oxygen atoms in total. The maximum atomic E-state index is 6.93. The summed E-state index contributed by atoms with van der Waals surface area (Å²) >= 11 is 0. The summed E-state index contributed by atoms with van der Waals surface area (Å²) in [6.45, 7) is 0.0104. The number of hydrogen-bond donors (Lipinski definition) is 0. The molecule has 0 saturated heterocycles. The summed E-state index contributed by atoms with van der Waals surface area (Å²) in [5.74, 6) is 3.50. The maximum absolute atomic E-state index is 6.93. The molecule has 0 aliphatic carbocycles. The molecule has 0 bridgehead atoms. The van der Waals surface area contributed by atoms with E-state index in [0.29, 0.717) is 0 Å². The monoisotopic (exact) mass is 674 g/mol. The van der Waals surface area contributed by atoms with Crippen LogP contribution in [0.3, 0.4) is 0 Å². The van der Waals surface area contributed by atoms with Gasteiger partial charge in [-0.25, -0.2) is 0 Å². The van der Waals surface area contributed by atoms with Crippen LogP contribution in [-0.4, -0.2) is 6.71 Å². The molecule has 0 radical (unpaired) electrons. The number of fused-ring (bicyclic) bond motifs is 6. The van der Waals surface area contributed by atoms with Crippen LogP contribution < -0.4 is 25.9 Å². The predicted molar refractivity (Wildman–Crippen MR) is 221 cm³/mol. The Bertz CT molecular complexity index is 2840. The third-order valence-electron chi connectivity index (χ3n) is 11.0. The molecule has 0 unspecified atom stereocenters. The van der Waals surface area contributed by atoms with E-state index in [9.17, 15) is 0 Å². The van der Waals surface area contributed by atoms with Crippen LogP contribution in [0.25, 0.3) is 66.1 Å². The average Bonchev–Trinajstić information content (AvgIpc) is 3.23. The number of ether oxygens (including phenoxy) is 2. The molecule has 53 heavy (non-hydrogen) atoms. The number of rotatable bonds is 4. The topological polar surface area (TPSA) is 18.5 Å². The summed E-state index contributed by atoms with van der Waals surface area (Å²) in [5, 5.41) is 4.91. The smallest absolute Gasteiger partial charge is 0.260 e. The first-order valence-electron chi connectivity index (χ1n) is 18.2. The Morgan fingerprint density at radius 1 is 0.302 bits per heavy atom. The van der Waals surface area contributed by atoms with Gasteiger partial charge in [0.2, 0.25) is 0 Å². The number of hydrogen-bond acceptors (Lipinski definition) is 2. The fraction of sp³-hybridized carbons (Fsp3) is 0. The fourth-order valence-corrected chi connectivity index (χ4v) is 8.74. The van der Waals surface area contributed by atoms with Crippen molar-refractivity contribution in [3.63, 3.8) is 0 Å². The first-order valence-corrected chi connectivity index (χ1v) is 18.2. The maximum Gasteiger partial charge on any atom is 0.260 e. The van der Waals surface area contributed by atoms with Crippen molar-refractivity contribution in [3.8, 4) is 67.5 Å². The number of benzene rings is 9. The summed E-state index contributed by atoms with van der Waals surface area (Å²) in [4.78, 5) is 0. The van der Waals surface area contributed by atoms with E-state index in [4.69, 9.17) is 9.47 Å². The quantitative estimate of drug-likeness (QED) is 0.137. The minimum absolute atomic E-state index is 0.0104. The van der Waals surface area contributed by atoms with Gasteiger partial charge in [0.15, 0.2) is 0 Å². The van der Waals surface area contributed by atoms with E-state index < -0.39 is 0 Å². The van der Waals surface area contributed by atoms with Gasteiger partial charge in [-0.3, -0.25) is 0 Å². The van der Waals surface area contributed by atoms with Crippen molar-refractivity contribution in [1.29, 1.82) is 0 Å². The van der Waals surface area contributed by atoms with Crippen LogP contribution in [0.15, 0.2) is 188 Å². The lowest BCUT2D eigenvalue weighted by Gasteiger charge is -2.33. The highest BCUT2D eigenvalue weighted by Gasteiger charge is 2.40. The van der Waals surface area contributed by atoms with Gasteiger partial charge in [-0.05, 0) is 89.6 Å². The lowest BCUT2D eigenvalue weighted by Crippen LogP contribution is -2.57. The summed E-state index contributed by atoms with van der Waals surface area (Å²) in [5.41, 5.74) is 12.9. The normalized spacial score (nSPS) is 12.4. The predicted octanol–water partition coefficient (Wildman–Crippen LogP) is 11.4. The highest BCUT2D eigenvalue weighted by Crippen LogP contribution is 2.48. The van der Waals surface area contributed by atoms with Gasteiger partial charge in [0.1, 0.15) is 23.0 Å². The molecule has 3 heteroatoms. The Morgan fingerprint density at radius 2 is 0.792 bits per heavy atom. The first-order chi connectivity index (χ1) is 26.3. The van der Waals surface area contributed by atoms with Crippen LogP contribution in [-0.2, 0) is 0 Å². The molecule has 2 heterocycles. The minimum Gasteiger partial charge on any atom is -0.458 e. The summed E-state index contributed by atoms with van der Waals surface area (Å²) in [6, 6.07) is 67.3.